The Kier molecular flexibility index (Phi) is 6.27. The summed E-state index contributed by atoms with van der Waals surface area (Å²) in [5, 5.41) is 7.53. The number of fused-ring (bicyclic) bond motifs is 6. The van der Waals surface area contributed by atoms with Gasteiger partial charge in [-0.1, -0.05) is 109 Å². The van der Waals surface area contributed by atoms with E-state index in [0.717, 1.165) is 22.5 Å². The van der Waals surface area contributed by atoms with Crippen molar-refractivity contribution in [2.45, 2.75) is 13.8 Å². The maximum Gasteiger partial charge on any atom is 0.0705 e. The molecule has 8 aromatic rings. The molecule has 0 unspecified atom stereocenters. The van der Waals surface area contributed by atoms with Gasteiger partial charge in [0, 0.05) is 34.6 Å². The fourth-order valence-corrected chi connectivity index (χ4v) is 6.48. The first-order chi connectivity index (χ1) is 21.6. The minimum atomic E-state index is 1.000. The lowest BCUT2D eigenvalue weighted by atomic mass is 9.90. The molecule has 2 heterocycles. The van der Waals surface area contributed by atoms with Crippen LogP contribution in [0.1, 0.15) is 11.1 Å². The highest BCUT2D eigenvalue weighted by Gasteiger charge is 2.12. The quantitative estimate of drug-likeness (QED) is 0.199. The third-order valence-electron chi connectivity index (χ3n) is 8.87. The molecule has 8 rings (SSSR count). The van der Waals surface area contributed by atoms with Gasteiger partial charge < -0.3 is 0 Å². The first-order valence-electron chi connectivity index (χ1n) is 15.1. The van der Waals surface area contributed by atoms with Crippen molar-refractivity contribution in [2.24, 2.45) is 0 Å². The molecule has 0 aliphatic carbocycles. The largest absolute Gasteiger partial charge is 0.256 e. The number of aryl methyl sites for hydroxylation is 2. The van der Waals surface area contributed by atoms with Gasteiger partial charge in [0.2, 0.25) is 0 Å². The van der Waals surface area contributed by atoms with Gasteiger partial charge >= 0.3 is 0 Å². The van der Waals surface area contributed by atoms with Gasteiger partial charge in [-0.15, -0.1) is 0 Å². The van der Waals surface area contributed by atoms with Crippen molar-refractivity contribution >= 4 is 32.3 Å². The maximum atomic E-state index is 4.84. The third kappa shape index (κ3) is 4.44. The second-order valence-corrected chi connectivity index (χ2v) is 11.6. The normalized spacial score (nSPS) is 11.4. The lowest BCUT2D eigenvalue weighted by Crippen LogP contribution is -1.89. The average molecular weight is 563 g/mol. The Balaban J connectivity index is 1.21. The molecular weight excluding hydrogens is 532 g/mol. The molecule has 0 saturated carbocycles. The van der Waals surface area contributed by atoms with Gasteiger partial charge in [-0.2, -0.15) is 0 Å². The van der Waals surface area contributed by atoms with Crippen LogP contribution in [0.15, 0.2) is 146 Å². The molecule has 2 aromatic heterocycles. The number of nitrogens with zero attached hydrogens (tertiary/aromatic N) is 2. The molecule has 0 fully saturated rings. The number of benzene rings is 6. The number of hydrogen-bond donors (Lipinski definition) is 0. The van der Waals surface area contributed by atoms with Crippen molar-refractivity contribution in [3.8, 4) is 44.8 Å². The second kappa shape index (κ2) is 10.6. The molecule has 44 heavy (non-hydrogen) atoms. The van der Waals surface area contributed by atoms with Crippen LogP contribution in [0.4, 0.5) is 0 Å². The fourth-order valence-electron chi connectivity index (χ4n) is 6.48. The minimum absolute atomic E-state index is 1.000. The SMILES string of the molecule is Cc1ccccc1-c1ccc(-c2ccc3c4ccc(-c5ccc(-c6ccccc6C)nc5)cc4c4ccccc4c3c2)cn1. The van der Waals surface area contributed by atoms with E-state index in [9.17, 15) is 0 Å². The summed E-state index contributed by atoms with van der Waals surface area (Å²) in [7, 11) is 0. The smallest absolute Gasteiger partial charge is 0.0705 e. The van der Waals surface area contributed by atoms with Crippen LogP contribution in [-0.4, -0.2) is 9.97 Å². The molecule has 0 spiro atoms. The Labute approximate surface area is 257 Å². The van der Waals surface area contributed by atoms with Crippen LogP contribution < -0.4 is 0 Å². The molecule has 208 valence electrons. The van der Waals surface area contributed by atoms with E-state index in [1.807, 2.05) is 12.4 Å². The predicted octanol–water partition coefficient (Wildman–Crippen LogP) is 11.2. The van der Waals surface area contributed by atoms with Gasteiger partial charge in [0.05, 0.1) is 11.4 Å². The molecule has 0 aliphatic heterocycles. The van der Waals surface area contributed by atoms with E-state index in [1.54, 1.807) is 0 Å². The van der Waals surface area contributed by atoms with E-state index in [1.165, 1.54) is 65.7 Å². The Hall–Kier alpha value is -5.60. The molecule has 2 heteroatoms. The van der Waals surface area contributed by atoms with Crippen LogP contribution in [0.25, 0.3) is 77.1 Å². The van der Waals surface area contributed by atoms with Gasteiger partial charge in [0.25, 0.3) is 0 Å². The summed E-state index contributed by atoms with van der Waals surface area (Å²) < 4.78 is 0. The third-order valence-corrected chi connectivity index (χ3v) is 8.87. The lowest BCUT2D eigenvalue weighted by Gasteiger charge is -2.14. The summed E-state index contributed by atoms with van der Waals surface area (Å²) in [5.74, 6) is 0. The van der Waals surface area contributed by atoms with E-state index < -0.39 is 0 Å². The second-order valence-electron chi connectivity index (χ2n) is 11.6. The molecule has 0 amide bonds. The molecule has 0 atom stereocenters. The zero-order valence-electron chi connectivity index (χ0n) is 24.8. The van der Waals surface area contributed by atoms with Gasteiger partial charge in [0.1, 0.15) is 0 Å². The average Bonchev–Trinajstić information content (AvgIpc) is 3.09. The van der Waals surface area contributed by atoms with E-state index in [4.69, 9.17) is 9.97 Å². The Bertz CT molecular complexity index is 2140. The van der Waals surface area contributed by atoms with Gasteiger partial charge in [0.15, 0.2) is 0 Å². The number of hydrogen-bond acceptors (Lipinski definition) is 2. The topological polar surface area (TPSA) is 25.8 Å². The highest BCUT2D eigenvalue weighted by atomic mass is 14.7. The molecule has 0 bridgehead atoms. The molecule has 0 N–H and O–H groups in total. The van der Waals surface area contributed by atoms with Crippen molar-refractivity contribution in [3.05, 3.63) is 157 Å². The van der Waals surface area contributed by atoms with Crippen LogP contribution in [0.5, 0.6) is 0 Å². The Morgan fingerprint density at radius 2 is 0.727 bits per heavy atom. The van der Waals surface area contributed by atoms with E-state index in [-0.39, 0.29) is 0 Å². The monoisotopic (exact) mass is 562 g/mol. The molecule has 6 aromatic carbocycles. The maximum absolute atomic E-state index is 4.84. The molecule has 2 nitrogen and oxygen atoms in total. The minimum Gasteiger partial charge on any atom is -0.256 e. The van der Waals surface area contributed by atoms with Gasteiger partial charge in [-0.05, 0) is 92.7 Å². The van der Waals surface area contributed by atoms with Crippen molar-refractivity contribution in [2.75, 3.05) is 0 Å². The van der Waals surface area contributed by atoms with E-state index >= 15 is 0 Å². The summed E-state index contributed by atoms with van der Waals surface area (Å²) >= 11 is 0. The highest BCUT2D eigenvalue weighted by Crippen LogP contribution is 2.39. The van der Waals surface area contributed by atoms with Crippen molar-refractivity contribution in [1.82, 2.24) is 9.97 Å². The van der Waals surface area contributed by atoms with E-state index in [0.29, 0.717) is 0 Å². The van der Waals surface area contributed by atoms with Crippen molar-refractivity contribution in [1.29, 1.82) is 0 Å². The molecule has 0 aliphatic rings. The van der Waals surface area contributed by atoms with Crippen LogP contribution in [0, 0.1) is 13.8 Å². The zero-order valence-corrected chi connectivity index (χ0v) is 24.8. The fraction of sp³-hybridized carbons (Fsp3) is 0.0476. The Morgan fingerprint density at radius 1 is 0.341 bits per heavy atom. The van der Waals surface area contributed by atoms with Gasteiger partial charge in [-0.25, -0.2) is 0 Å². The van der Waals surface area contributed by atoms with Crippen molar-refractivity contribution in [3.63, 3.8) is 0 Å². The summed E-state index contributed by atoms with van der Waals surface area (Å²) in [6, 6.07) is 47.8. The van der Waals surface area contributed by atoms with Crippen molar-refractivity contribution < 1.29 is 0 Å². The van der Waals surface area contributed by atoms with Gasteiger partial charge in [-0.3, -0.25) is 9.97 Å². The molecular formula is C42H30N2. The lowest BCUT2D eigenvalue weighted by molar-refractivity contribution is 1.31. The van der Waals surface area contributed by atoms with Crippen LogP contribution in [-0.2, 0) is 0 Å². The van der Waals surface area contributed by atoms with Crippen LogP contribution in [0.3, 0.4) is 0 Å². The summed E-state index contributed by atoms with van der Waals surface area (Å²) in [4.78, 5) is 9.68. The first kappa shape index (κ1) is 26.1. The number of pyridine rings is 2. The Morgan fingerprint density at radius 3 is 1.14 bits per heavy atom. The van der Waals surface area contributed by atoms with Crippen LogP contribution >= 0.6 is 0 Å². The molecule has 0 saturated heterocycles. The summed E-state index contributed by atoms with van der Waals surface area (Å²) in [6.07, 6.45) is 3.99. The highest BCUT2D eigenvalue weighted by molar-refractivity contribution is 6.26. The summed E-state index contributed by atoms with van der Waals surface area (Å²) in [6.45, 7) is 4.26. The predicted molar refractivity (Wildman–Crippen MR) is 186 cm³/mol. The van der Waals surface area contributed by atoms with Crippen LogP contribution in [0.2, 0.25) is 0 Å². The standard InChI is InChI=1S/C42H30N2/c1-27-9-3-5-11-33(27)41-21-17-31(25-43-41)29-15-19-37-38-20-16-30(24-40(38)36-14-8-7-13-35(36)39(37)23-29)32-18-22-42(44-26-32)34-12-6-4-10-28(34)2/h3-26H,1-2H3. The first-order valence-corrected chi connectivity index (χ1v) is 15.1. The summed E-state index contributed by atoms with van der Waals surface area (Å²) in [5.41, 5.74) is 11.4. The molecule has 0 radical (unpaired) electrons. The number of aromatic nitrogens is 2. The zero-order chi connectivity index (χ0) is 29.6. The van der Waals surface area contributed by atoms with E-state index in [2.05, 4.69) is 147 Å². The number of rotatable bonds is 4.